The van der Waals surface area contributed by atoms with Crippen LogP contribution in [0.4, 0.5) is 10.1 Å². The molecule has 0 aliphatic carbocycles. The number of non-ortho nitro benzene ring substituents is 1. The molecule has 21 heavy (non-hydrogen) atoms. The first-order valence-electron chi connectivity index (χ1n) is 5.38. The molecule has 116 valence electrons. The Labute approximate surface area is 118 Å². The number of carbonyl (C=O) groups is 1. The number of halogens is 1. The SMILES string of the molecule is COC(CNS(=O)(=O)c1cc([N+](=O)[O-])ccc1F)C(=O)O. The van der Waals surface area contributed by atoms with E-state index in [9.17, 15) is 27.7 Å². The van der Waals surface area contributed by atoms with E-state index in [0.29, 0.717) is 12.1 Å². The number of ether oxygens (including phenoxy) is 1. The lowest BCUT2D eigenvalue weighted by Crippen LogP contribution is -2.38. The van der Waals surface area contributed by atoms with Crippen LogP contribution in [0.5, 0.6) is 0 Å². The zero-order chi connectivity index (χ0) is 16.2. The molecular formula is C10H11FN2O7S. The lowest BCUT2D eigenvalue weighted by atomic mass is 10.3. The summed E-state index contributed by atoms with van der Waals surface area (Å²) in [5, 5.41) is 19.3. The van der Waals surface area contributed by atoms with Gasteiger partial charge >= 0.3 is 5.97 Å². The van der Waals surface area contributed by atoms with Crippen LogP contribution in [-0.2, 0) is 19.6 Å². The zero-order valence-electron chi connectivity index (χ0n) is 10.6. The summed E-state index contributed by atoms with van der Waals surface area (Å²) < 4.78 is 43.5. The molecule has 0 aliphatic heterocycles. The number of nitrogens with zero attached hydrogens (tertiary/aromatic N) is 1. The number of aliphatic carboxylic acids is 1. The highest BCUT2D eigenvalue weighted by Crippen LogP contribution is 2.20. The highest BCUT2D eigenvalue weighted by Gasteiger charge is 2.25. The minimum atomic E-state index is -4.46. The smallest absolute Gasteiger partial charge is 0.334 e. The number of benzene rings is 1. The number of carboxylic acids is 1. The summed E-state index contributed by atoms with van der Waals surface area (Å²) in [7, 11) is -3.40. The van der Waals surface area contributed by atoms with Crippen molar-refractivity contribution in [2.24, 2.45) is 0 Å². The summed E-state index contributed by atoms with van der Waals surface area (Å²) >= 11 is 0. The van der Waals surface area contributed by atoms with Crippen molar-refractivity contribution >= 4 is 21.7 Å². The third-order valence-electron chi connectivity index (χ3n) is 2.43. The highest BCUT2D eigenvalue weighted by molar-refractivity contribution is 7.89. The van der Waals surface area contributed by atoms with Gasteiger partial charge in [0, 0.05) is 25.8 Å². The largest absolute Gasteiger partial charge is 0.479 e. The van der Waals surface area contributed by atoms with E-state index in [0.717, 1.165) is 13.2 Å². The average molecular weight is 322 g/mol. The molecule has 0 spiro atoms. The fraction of sp³-hybridized carbons (Fsp3) is 0.300. The van der Waals surface area contributed by atoms with E-state index < -0.39 is 50.0 Å². The molecule has 1 unspecified atom stereocenters. The molecule has 11 heteroatoms. The molecule has 0 aromatic heterocycles. The van der Waals surface area contributed by atoms with E-state index in [4.69, 9.17) is 5.11 Å². The van der Waals surface area contributed by atoms with Gasteiger partial charge in [0.25, 0.3) is 5.69 Å². The molecule has 9 nitrogen and oxygen atoms in total. The summed E-state index contributed by atoms with van der Waals surface area (Å²) in [4.78, 5) is 19.4. The number of rotatable bonds is 7. The number of nitro benzene ring substituents is 1. The van der Waals surface area contributed by atoms with Gasteiger partial charge in [-0.3, -0.25) is 10.1 Å². The van der Waals surface area contributed by atoms with Gasteiger partial charge in [0.2, 0.25) is 10.0 Å². The lowest BCUT2D eigenvalue weighted by Gasteiger charge is -2.12. The Morgan fingerprint density at radius 1 is 1.57 bits per heavy atom. The second kappa shape index (κ2) is 6.56. The predicted molar refractivity (Wildman–Crippen MR) is 66.7 cm³/mol. The molecule has 0 heterocycles. The van der Waals surface area contributed by atoms with Crippen molar-refractivity contribution < 1.29 is 32.4 Å². The molecule has 0 amide bonds. The van der Waals surface area contributed by atoms with Gasteiger partial charge in [-0.15, -0.1) is 0 Å². The topological polar surface area (TPSA) is 136 Å². The Kier molecular flexibility index (Phi) is 5.29. The van der Waals surface area contributed by atoms with E-state index in [2.05, 4.69) is 4.74 Å². The van der Waals surface area contributed by atoms with E-state index in [1.807, 2.05) is 4.72 Å². The fourth-order valence-electron chi connectivity index (χ4n) is 1.35. The number of nitro groups is 1. The summed E-state index contributed by atoms with van der Waals surface area (Å²) in [6.45, 7) is -0.656. The van der Waals surface area contributed by atoms with E-state index >= 15 is 0 Å². The number of hydrogen-bond acceptors (Lipinski definition) is 6. The van der Waals surface area contributed by atoms with Crippen LogP contribution in [-0.4, -0.2) is 44.2 Å². The van der Waals surface area contributed by atoms with Crippen LogP contribution >= 0.6 is 0 Å². The van der Waals surface area contributed by atoms with Gasteiger partial charge < -0.3 is 9.84 Å². The Hall–Kier alpha value is -2.11. The molecule has 1 atom stereocenters. The van der Waals surface area contributed by atoms with E-state index in [-0.39, 0.29) is 0 Å². The van der Waals surface area contributed by atoms with Crippen LogP contribution in [0.1, 0.15) is 0 Å². The molecule has 0 radical (unpaired) electrons. The van der Waals surface area contributed by atoms with Gasteiger partial charge in [-0.05, 0) is 6.07 Å². The first kappa shape index (κ1) is 16.9. The van der Waals surface area contributed by atoms with Gasteiger partial charge in [-0.2, -0.15) is 0 Å². The molecule has 0 saturated carbocycles. The van der Waals surface area contributed by atoms with E-state index in [1.165, 1.54) is 0 Å². The minimum absolute atomic E-state index is 0.542. The molecule has 0 bridgehead atoms. The van der Waals surface area contributed by atoms with E-state index in [1.54, 1.807) is 0 Å². The number of nitrogens with one attached hydrogen (secondary N) is 1. The molecule has 0 aliphatic rings. The van der Waals surface area contributed by atoms with Crippen LogP contribution < -0.4 is 4.72 Å². The Morgan fingerprint density at radius 2 is 2.19 bits per heavy atom. The van der Waals surface area contributed by atoms with Crippen LogP contribution in [0.15, 0.2) is 23.1 Å². The van der Waals surface area contributed by atoms with Gasteiger partial charge in [0.05, 0.1) is 4.92 Å². The standard InChI is InChI=1S/C10H11FN2O7S/c1-20-8(10(14)15)5-12-21(18,19)9-4-6(13(16)17)2-3-7(9)11/h2-4,8,12H,5H2,1H3,(H,14,15). The van der Waals surface area contributed by atoms with Crippen molar-refractivity contribution in [3.8, 4) is 0 Å². The summed E-state index contributed by atoms with van der Waals surface area (Å²) in [6, 6.07) is 1.99. The average Bonchev–Trinajstić information content (AvgIpc) is 2.38. The highest BCUT2D eigenvalue weighted by atomic mass is 32.2. The number of carboxylic acid groups (broad SMARTS) is 1. The monoisotopic (exact) mass is 322 g/mol. The second-order valence-electron chi connectivity index (χ2n) is 3.79. The van der Waals surface area contributed by atoms with Crippen LogP contribution in [0.2, 0.25) is 0 Å². The second-order valence-corrected chi connectivity index (χ2v) is 5.52. The van der Waals surface area contributed by atoms with Crippen molar-refractivity contribution in [2.45, 2.75) is 11.0 Å². The van der Waals surface area contributed by atoms with Crippen molar-refractivity contribution in [3.05, 3.63) is 34.1 Å². The lowest BCUT2D eigenvalue weighted by molar-refractivity contribution is -0.385. The first-order valence-corrected chi connectivity index (χ1v) is 6.86. The van der Waals surface area contributed by atoms with Crippen molar-refractivity contribution in [3.63, 3.8) is 0 Å². The maximum atomic E-state index is 13.5. The Bertz CT molecular complexity index is 661. The molecule has 2 N–H and O–H groups in total. The van der Waals surface area contributed by atoms with Gasteiger partial charge in [0.1, 0.15) is 10.7 Å². The van der Waals surface area contributed by atoms with Gasteiger partial charge in [-0.1, -0.05) is 0 Å². The van der Waals surface area contributed by atoms with Gasteiger partial charge in [0.15, 0.2) is 6.10 Å². The molecule has 0 saturated heterocycles. The fourth-order valence-corrected chi connectivity index (χ4v) is 2.47. The first-order chi connectivity index (χ1) is 9.69. The summed E-state index contributed by atoms with van der Waals surface area (Å²) in [6.07, 6.45) is -1.47. The normalized spacial score (nSPS) is 12.9. The Morgan fingerprint density at radius 3 is 2.67 bits per heavy atom. The zero-order valence-corrected chi connectivity index (χ0v) is 11.5. The number of sulfonamides is 1. The van der Waals surface area contributed by atoms with Crippen LogP contribution in [0.3, 0.4) is 0 Å². The van der Waals surface area contributed by atoms with Crippen LogP contribution in [0.25, 0.3) is 0 Å². The Balaban J connectivity index is 3.05. The minimum Gasteiger partial charge on any atom is -0.479 e. The molecule has 1 aromatic rings. The summed E-state index contributed by atoms with van der Waals surface area (Å²) in [5.41, 5.74) is -0.613. The quantitative estimate of drug-likeness (QED) is 0.537. The molecule has 1 rings (SSSR count). The maximum Gasteiger partial charge on any atom is 0.334 e. The number of hydrogen-bond donors (Lipinski definition) is 2. The molecule has 1 aromatic carbocycles. The van der Waals surface area contributed by atoms with Crippen LogP contribution in [0, 0.1) is 15.9 Å². The third-order valence-corrected chi connectivity index (χ3v) is 3.87. The molecular weight excluding hydrogens is 311 g/mol. The maximum absolute atomic E-state index is 13.5. The number of methoxy groups -OCH3 is 1. The van der Waals surface area contributed by atoms with Crippen molar-refractivity contribution in [1.82, 2.24) is 4.72 Å². The molecule has 0 fully saturated rings. The summed E-state index contributed by atoms with van der Waals surface area (Å²) in [5.74, 6) is -2.61. The van der Waals surface area contributed by atoms with Gasteiger partial charge in [-0.25, -0.2) is 22.3 Å². The van der Waals surface area contributed by atoms with Crippen molar-refractivity contribution in [1.29, 1.82) is 0 Å². The predicted octanol–water partition coefficient (Wildman–Crippen LogP) is 0.112. The van der Waals surface area contributed by atoms with Crippen molar-refractivity contribution in [2.75, 3.05) is 13.7 Å². The third kappa shape index (κ3) is 4.18.